The van der Waals surface area contributed by atoms with Crippen molar-refractivity contribution in [3.63, 3.8) is 0 Å². The number of hydrogen-bond donors (Lipinski definition) is 1. The Bertz CT molecular complexity index is 491. The zero-order valence-electron chi connectivity index (χ0n) is 10.1. The molecule has 2 heterocycles. The molecule has 1 aliphatic rings. The summed E-state index contributed by atoms with van der Waals surface area (Å²) in [5.74, 6) is -0.918. The molecule has 0 amide bonds. The number of rotatable bonds is 3. The van der Waals surface area contributed by atoms with Crippen molar-refractivity contribution in [3.05, 3.63) is 5.01 Å². The van der Waals surface area contributed by atoms with Gasteiger partial charge in [-0.2, -0.15) is 13.2 Å². The normalized spacial score (nSPS) is 23.9. The third-order valence-corrected chi connectivity index (χ3v) is 4.44. The van der Waals surface area contributed by atoms with E-state index in [1.165, 1.54) is 0 Å². The van der Waals surface area contributed by atoms with Gasteiger partial charge in [0, 0.05) is 13.1 Å². The maximum absolute atomic E-state index is 12.4. The summed E-state index contributed by atoms with van der Waals surface area (Å²) in [7, 11) is 0. The summed E-state index contributed by atoms with van der Waals surface area (Å²) < 4.78 is 37.3. The van der Waals surface area contributed by atoms with E-state index in [9.17, 15) is 23.1 Å². The van der Waals surface area contributed by atoms with Crippen LogP contribution in [0.25, 0.3) is 0 Å². The molecule has 1 fully saturated rings. The van der Waals surface area contributed by atoms with Gasteiger partial charge in [0.25, 0.3) is 0 Å². The van der Waals surface area contributed by atoms with E-state index in [2.05, 4.69) is 10.2 Å². The molecule has 1 N–H and O–H groups in total. The second-order valence-electron chi connectivity index (χ2n) is 4.50. The van der Waals surface area contributed by atoms with Gasteiger partial charge in [-0.05, 0) is 12.8 Å². The summed E-state index contributed by atoms with van der Waals surface area (Å²) in [5.41, 5.74) is -0.899. The van der Waals surface area contributed by atoms with Gasteiger partial charge in [-0.15, -0.1) is 10.2 Å². The first kappa shape index (κ1) is 14.0. The smallest absolute Gasteiger partial charge is 0.445 e. The molecule has 1 unspecified atom stereocenters. The maximum atomic E-state index is 12.4. The minimum Gasteiger partial charge on any atom is -0.481 e. The molecule has 1 saturated heterocycles. The highest BCUT2D eigenvalue weighted by Gasteiger charge is 2.45. The van der Waals surface area contributed by atoms with Gasteiger partial charge in [-0.1, -0.05) is 18.3 Å². The van der Waals surface area contributed by atoms with Crippen molar-refractivity contribution in [2.45, 2.75) is 25.9 Å². The van der Waals surface area contributed by atoms with Crippen molar-refractivity contribution in [2.75, 3.05) is 18.0 Å². The molecule has 9 heteroatoms. The molecule has 5 nitrogen and oxygen atoms in total. The van der Waals surface area contributed by atoms with Crippen LogP contribution in [-0.2, 0) is 11.0 Å². The molecule has 1 aromatic heterocycles. The van der Waals surface area contributed by atoms with Crippen LogP contribution in [-0.4, -0.2) is 34.4 Å². The Labute approximate surface area is 111 Å². The van der Waals surface area contributed by atoms with Gasteiger partial charge in [-0.3, -0.25) is 4.79 Å². The highest BCUT2D eigenvalue weighted by atomic mass is 32.1. The lowest BCUT2D eigenvalue weighted by atomic mass is 9.84. The van der Waals surface area contributed by atoms with Crippen LogP contribution in [0, 0.1) is 5.41 Å². The molecule has 2 rings (SSSR count). The van der Waals surface area contributed by atoms with Crippen molar-refractivity contribution in [2.24, 2.45) is 5.41 Å². The number of carbonyl (C=O) groups is 1. The third kappa shape index (κ3) is 2.51. The number of nitrogens with zero attached hydrogens (tertiary/aromatic N) is 3. The summed E-state index contributed by atoms with van der Waals surface area (Å²) in [6.45, 7) is 2.32. The van der Waals surface area contributed by atoms with E-state index in [1.54, 1.807) is 11.8 Å². The summed E-state index contributed by atoms with van der Waals surface area (Å²) in [6, 6.07) is 0. The monoisotopic (exact) mass is 295 g/mol. The Morgan fingerprint density at radius 1 is 1.53 bits per heavy atom. The molecular weight excluding hydrogens is 283 g/mol. The summed E-state index contributed by atoms with van der Waals surface area (Å²) >= 11 is 0.446. The molecule has 1 atom stereocenters. The van der Waals surface area contributed by atoms with Crippen LogP contribution in [0.4, 0.5) is 18.3 Å². The van der Waals surface area contributed by atoms with Gasteiger partial charge in [0.15, 0.2) is 0 Å². The Kier molecular flexibility index (Phi) is 3.41. The van der Waals surface area contributed by atoms with E-state index in [1.807, 2.05) is 0 Å². The first-order valence-corrected chi connectivity index (χ1v) is 6.49. The number of alkyl halides is 3. The molecule has 106 valence electrons. The number of aliphatic carboxylic acids is 1. The largest absolute Gasteiger partial charge is 0.481 e. The van der Waals surface area contributed by atoms with Crippen LogP contribution < -0.4 is 4.90 Å². The zero-order valence-corrected chi connectivity index (χ0v) is 10.9. The SMILES string of the molecule is CCC1(C(=O)O)CCN(c2nnc(C(F)(F)F)s2)C1. The number of aromatic nitrogens is 2. The lowest BCUT2D eigenvalue weighted by molar-refractivity contribution is -0.147. The van der Waals surface area contributed by atoms with E-state index in [4.69, 9.17) is 0 Å². The topological polar surface area (TPSA) is 66.3 Å². The molecule has 1 aliphatic heterocycles. The first-order chi connectivity index (χ1) is 8.78. The van der Waals surface area contributed by atoms with E-state index >= 15 is 0 Å². The second kappa shape index (κ2) is 4.62. The second-order valence-corrected chi connectivity index (χ2v) is 5.45. The van der Waals surface area contributed by atoms with E-state index in [0.29, 0.717) is 30.7 Å². The minimum absolute atomic E-state index is 0.129. The van der Waals surface area contributed by atoms with Crippen molar-refractivity contribution in [1.29, 1.82) is 0 Å². The van der Waals surface area contributed by atoms with Crippen LogP contribution >= 0.6 is 11.3 Å². The zero-order chi connectivity index (χ0) is 14.3. The Balaban J connectivity index is 2.17. The lowest BCUT2D eigenvalue weighted by Crippen LogP contribution is -2.34. The fourth-order valence-corrected chi connectivity index (χ4v) is 2.84. The average Bonchev–Trinajstić information content (AvgIpc) is 2.95. The van der Waals surface area contributed by atoms with E-state index < -0.39 is 22.6 Å². The van der Waals surface area contributed by atoms with E-state index in [-0.39, 0.29) is 11.7 Å². The van der Waals surface area contributed by atoms with Crippen LogP contribution in [0.5, 0.6) is 0 Å². The fourth-order valence-electron chi connectivity index (χ4n) is 2.11. The first-order valence-electron chi connectivity index (χ1n) is 5.67. The minimum atomic E-state index is -4.51. The Hall–Kier alpha value is -1.38. The molecule has 0 aromatic carbocycles. The summed E-state index contributed by atoms with van der Waals surface area (Å²) in [4.78, 5) is 12.8. The number of anilines is 1. The predicted octanol–water partition coefficient (Wildman–Crippen LogP) is 2.25. The van der Waals surface area contributed by atoms with Crippen LogP contribution in [0.2, 0.25) is 0 Å². The lowest BCUT2D eigenvalue weighted by Gasteiger charge is -2.22. The highest BCUT2D eigenvalue weighted by molar-refractivity contribution is 7.15. The molecule has 0 saturated carbocycles. The van der Waals surface area contributed by atoms with Crippen molar-refractivity contribution < 1.29 is 23.1 Å². The van der Waals surface area contributed by atoms with Crippen LogP contribution in [0.15, 0.2) is 0 Å². The molecule has 0 radical (unpaired) electrons. The van der Waals surface area contributed by atoms with Crippen molar-refractivity contribution >= 4 is 22.4 Å². The van der Waals surface area contributed by atoms with Gasteiger partial charge < -0.3 is 10.0 Å². The molecule has 0 bridgehead atoms. The fraction of sp³-hybridized carbons (Fsp3) is 0.700. The number of hydrogen-bond acceptors (Lipinski definition) is 5. The summed E-state index contributed by atoms with van der Waals surface area (Å²) in [6.07, 6.45) is -3.67. The standard InChI is InChI=1S/C10H12F3N3O2S/c1-2-9(7(17)18)3-4-16(5-9)8-15-14-6(19-8)10(11,12)13/h2-5H2,1H3,(H,17,18). The summed E-state index contributed by atoms with van der Waals surface area (Å²) in [5, 5.41) is 15.0. The molecule has 19 heavy (non-hydrogen) atoms. The number of halogens is 3. The van der Waals surface area contributed by atoms with Gasteiger partial charge in [0.2, 0.25) is 10.1 Å². The van der Waals surface area contributed by atoms with Crippen molar-refractivity contribution in [1.82, 2.24) is 10.2 Å². The van der Waals surface area contributed by atoms with Gasteiger partial charge in [-0.25, -0.2) is 0 Å². The molecule has 1 aromatic rings. The Morgan fingerprint density at radius 3 is 2.63 bits per heavy atom. The van der Waals surface area contributed by atoms with Crippen LogP contribution in [0.1, 0.15) is 24.8 Å². The average molecular weight is 295 g/mol. The van der Waals surface area contributed by atoms with Gasteiger partial charge >= 0.3 is 12.1 Å². The van der Waals surface area contributed by atoms with Crippen LogP contribution in [0.3, 0.4) is 0 Å². The quantitative estimate of drug-likeness (QED) is 0.926. The molecular formula is C10H12F3N3O2S. The Morgan fingerprint density at radius 2 is 2.21 bits per heavy atom. The third-order valence-electron chi connectivity index (χ3n) is 3.41. The van der Waals surface area contributed by atoms with Crippen molar-refractivity contribution in [3.8, 4) is 0 Å². The number of carboxylic acid groups (broad SMARTS) is 1. The molecule has 0 spiro atoms. The predicted molar refractivity (Wildman–Crippen MR) is 62.1 cm³/mol. The van der Waals surface area contributed by atoms with Gasteiger partial charge in [0.1, 0.15) is 0 Å². The van der Waals surface area contributed by atoms with E-state index in [0.717, 1.165) is 0 Å². The maximum Gasteiger partial charge on any atom is 0.445 e. The number of carboxylic acids is 1. The highest BCUT2D eigenvalue weighted by Crippen LogP contribution is 2.40. The van der Waals surface area contributed by atoms with Gasteiger partial charge in [0.05, 0.1) is 5.41 Å². The molecule has 0 aliphatic carbocycles.